The summed E-state index contributed by atoms with van der Waals surface area (Å²) in [6.45, 7) is 5.77. The topological polar surface area (TPSA) is 79.8 Å². The summed E-state index contributed by atoms with van der Waals surface area (Å²) in [5.41, 5.74) is 0.512. The van der Waals surface area contributed by atoms with E-state index in [1.165, 1.54) is 16.4 Å². The first-order chi connectivity index (χ1) is 14.3. The Morgan fingerprint density at radius 1 is 1.13 bits per heavy atom. The first-order valence-corrected chi connectivity index (χ1v) is 12.6. The molecule has 0 aliphatic carbocycles. The summed E-state index contributed by atoms with van der Waals surface area (Å²) in [4.78, 5) is 19.5. The van der Waals surface area contributed by atoms with Crippen LogP contribution in [0.5, 0.6) is 0 Å². The van der Waals surface area contributed by atoms with Gasteiger partial charge in [0.25, 0.3) is 5.91 Å². The van der Waals surface area contributed by atoms with Gasteiger partial charge < -0.3 is 9.64 Å². The summed E-state index contributed by atoms with van der Waals surface area (Å²) < 4.78 is 33.1. The fourth-order valence-electron chi connectivity index (χ4n) is 4.23. The molecule has 2 saturated heterocycles. The van der Waals surface area contributed by atoms with Crippen LogP contribution in [0, 0.1) is 0 Å². The van der Waals surface area contributed by atoms with E-state index < -0.39 is 10.0 Å². The lowest BCUT2D eigenvalue weighted by molar-refractivity contribution is -0.0440. The minimum atomic E-state index is -3.61. The zero-order valence-electron chi connectivity index (χ0n) is 17.2. The molecule has 2 fully saturated rings. The Morgan fingerprint density at radius 3 is 2.47 bits per heavy atom. The number of ether oxygens (including phenoxy) is 1. The Morgan fingerprint density at radius 2 is 1.83 bits per heavy atom. The van der Waals surface area contributed by atoms with Gasteiger partial charge in [0.05, 0.1) is 22.1 Å². The van der Waals surface area contributed by atoms with Gasteiger partial charge in [-0.3, -0.25) is 4.79 Å². The van der Waals surface area contributed by atoms with E-state index in [0.717, 1.165) is 17.8 Å². The number of carbonyl (C=O) groups excluding carboxylic acids is 1. The number of hydrogen-bond donors (Lipinski definition) is 0. The molecule has 0 spiro atoms. The Balaban J connectivity index is 1.47. The predicted molar refractivity (Wildman–Crippen MR) is 115 cm³/mol. The van der Waals surface area contributed by atoms with Gasteiger partial charge in [-0.2, -0.15) is 4.31 Å². The summed E-state index contributed by atoms with van der Waals surface area (Å²) in [6.07, 6.45) is 3.49. The third-order valence-corrected chi connectivity index (χ3v) is 8.42. The van der Waals surface area contributed by atoms with Crippen LogP contribution in [-0.2, 0) is 14.8 Å². The number of likely N-dealkylation sites (tertiary alicyclic amines) is 1. The van der Waals surface area contributed by atoms with Crippen LogP contribution in [0.4, 0.5) is 0 Å². The molecule has 7 nitrogen and oxygen atoms in total. The van der Waals surface area contributed by atoms with Gasteiger partial charge in [-0.15, -0.1) is 11.3 Å². The van der Waals surface area contributed by atoms with Crippen LogP contribution >= 0.6 is 11.3 Å². The molecule has 1 amide bonds. The zero-order valence-corrected chi connectivity index (χ0v) is 18.9. The van der Waals surface area contributed by atoms with E-state index in [1.807, 2.05) is 24.1 Å². The Kier molecular flexibility index (Phi) is 6.24. The molecule has 9 heteroatoms. The Labute approximate surface area is 181 Å². The van der Waals surface area contributed by atoms with E-state index >= 15 is 0 Å². The van der Waals surface area contributed by atoms with Crippen LogP contribution in [0.3, 0.4) is 0 Å². The summed E-state index contributed by atoms with van der Waals surface area (Å²) >= 11 is 1.63. The van der Waals surface area contributed by atoms with Gasteiger partial charge in [-0.25, -0.2) is 13.4 Å². The van der Waals surface area contributed by atoms with Crippen molar-refractivity contribution in [1.29, 1.82) is 0 Å². The van der Waals surface area contributed by atoms with Crippen molar-refractivity contribution in [2.45, 2.75) is 49.7 Å². The van der Waals surface area contributed by atoms with Crippen molar-refractivity contribution < 1.29 is 17.9 Å². The molecule has 3 unspecified atom stereocenters. The standard InChI is InChI=1S/C21H27N3O4S2/c1-15-12-24(13-16(2)28-15)30(26,27)19-7-5-17(6-8-19)21(25)23-10-3-4-18(14-23)20-22-9-11-29-20/h5-9,11,15-16,18H,3-4,10,12-14H2,1-2H3. The smallest absolute Gasteiger partial charge is 0.253 e. The average molecular weight is 450 g/mol. The molecule has 0 radical (unpaired) electrons. The molecule has 1 aromatic carbocycles. The Bertz CT molecular complexity index is 966. The molecule has 2 aliphatic rings. The number of nitrogens with zero attached hydrogens (tertiary/aromatic N) is 3. The van der Waals surface area contributed by atoms with E-state index in [1.54, 1.807) is 29.7 Å². The monoisotopic (exact) mass is 449 g/mol. The van der Waals surface area contributed by atoms with Crippen molar-refractivity contribution in [2.75, 3.05) is 26.2 Å². The molecule has 3 heterocycles. The van der Waals surface area contributed by atoms with Crippen molar-refractivity contribution in [3.8, 4) is 0 Å². The predicted octanol–water partition coefficient (Wildman–Crippen LogP) is 2.96. The van der Waals surface area contributed by atoms with E-state index in [0.29, 0.717) is 31.7 Å². The number of benzene rings is 1. The maximum atomic E-state index is 13.0. The molecule has 2 aliphatic heterocycles. The summed E-state index contributed by atoms with van der Waals surface area (Å²) in [6, 6.07) is 6.32. The Hall–Kier alpha value is -1.81. The number of thiazole rings is 1. The largest absolute Gasteiger partial charge is 0.373 e. The van der Waals surface area contributed by atoms with E-state index in [2.05, 4.69) is 4.98 Å². The van der Waals surface area contributed by atoms with E-state index in [-0.39, 0.29) is 28.9 Å². The molecule has 0 saturated carbocycles. The van der Waals surface area contributed by atoms with Gasteiger partial charge in [0.1, 0.15) is 0 Å². The SMILES string of the molecule is CC1CN(S(=O)(=O)c2ccc(C(=O)N3CCCC(c4nccs4)C3)cc2)CC(C)O1. The van der Waals surface area contributed by atoms with Crippen molar-refractivity contribution in [3.05, 3.63) is 46.4 Å². The fraction of sp³-hybridized carbons (Fsp3) is 0.524. The lowest BCUT2D eigenvalue weighted by Crippen LogP contribution is -2.48. The van der Waals surface area contributed by atoms with Crippen LogP contribution < -0.4 is 0 Å². The van der Waals surface area contributed by atoms with Gasteiger partial charge in [0, 0.05) is 49.2 Å². The maximum absolute atomic E-state index is 13.0. The second-order valence-corrected chi connectivity index (χ2v) is 10.9. The van der Waals surface area contributed by atoms with Crippen molar-refractivity contribution in [1.82, 2.24) is 14.2 Å². The maximum Gasteiger partial charge on any atom is 0.253 e. The van der Waals surface area contributed by atoms with E-state index in [4.69, 9.17) is 4.74 Å². The number of carbonyl (C=O) groups is 1. The van der Waals surface area contributed by atoms with Crippen LogP contribution in [-0.4, -0.2) is 66.9 Å². The molecule has 30 heavy (non-hydrogen) atoms. The quantitative estimate of drug-likeness (QED) is 0.717. The molecule has 162 valence electrons. The fourth-order valence-corrected chi connectivity index (χ4v) is 6.59. The van der Waals surface area contributed by atoms with Gasteiger partial charge in [0.15, 0.2) is 0 Å². The summed E-state index contributed by atoms with van der Waals surface area (Å²) in [5, 5.41) is 3.04. The van der Waals surface area contributed by atoms with Gasteiger partial charge in [-0.05, 0) is 51.0 Å². The lowest BCUT2D eigenvalue weighted by atomic mass is 9.98. The van der Waals surface area contributed by atoms with Crippen LogP contribution in [0.25, 0.3) is 0 Å². The summed E-state index contributed by atoms with van der Waals surface area (Å²) in [7, 11) is -3.61. The van der Waals surface area contributed by atoms with Crippen LogP contribution in [0.2, 0.25) is 0 Å². The molecule has 0 bridgehead atoms. The molecule has 4 rings (SSSR count). The van der Waals surface area contributed by atoms with Crippen molar-refractivity contribution >= 4 is 27.3 Å². The second kappa shape index (κ2) is 8.74. The van der Waals surface area contributed by atoms with Gasteiger partial charge in [0.2, 0.25) is 10.0 Å². The lowest BCUT2D eigenvalue weighted by Gasteiger charge is -2.34. The van der Waals surface area contributed by atoms with Gasteiger partial charge in [-0.1, -0.05) is 0 Å². The number of piperidine rings is 1. The van der Waals surface area contributed by atoms with E-state index in [9.17, 15) is 13.2 Å². The number of morpholine rings is 1. The number of sulfonamides is 1. The number of aromatic nitrogens is 1. The minimum Gasteiger partial charge on any atom is -0.373 e. The molecule has 0 N–H and O–H groups in total. The molecule has 3 atom stereocenters. The second-order valence-electron chi connectivity index (χ2n) is 8.06. The zero-order chi connectivity index (χ0) is 21.3. The van der Waals surface area contributed by atoms with Gasteiger partial charge >= 0.3 is 0 Å². The third kappa shape index (κ3) is 4.44. The van der Waals surface area contributed by atoms with Crippen molar-refractivity contribution in [3.63, 3.8) is 0 Å². The highest BCUT2D eigenvalue weighted by Crippen LogP contribution is 2.29. The highest BCUT2D eigenvalue weighted by molar-refractivity contribution is 7.89. The highest BCUT2D eigenvalue weighted by atomic mass is 32.2. The number of hydrogen-bond acceptors (Lipinski definition) is 6. The first-order valence-electron chi connectivity index (χ1n) is 10.3. The third-order valence-electron chi connectivity index (χ3n) is 5.63. The summed E-state index contributed by atoms with van der Waals surface area (Å²) in [5.74, 6) is 0.210. The van der Waals surface area contributed by atoms with Crippen LogP contribution in [0.1, 0.15) is 48.0 Å². The number of rotatable bonds is 4. The van der Waals surface area contributed by atoms with Crippen molar-refractivity contribution in [2.24, 2.45) is 0 Å². The molecule has 2 aromatic rings. The van der Waals surface area contributed by atoms with Crippen LogP contribution in [0.15, 0.2) is 40.7 Å². The number of amides is 1. The average Bonchev–Trinajstić information content (AvgIpc) is 3.28. The molecular weight excluding hydrogens is 422 g/mol. The normalized spacial score (nSPS) is 25.9. The highest BCUT2D eigenvalue weighted by Gasteiger charge is 2.32. The molecular formula is C21H27N3O4S2. The minimum absolute atomic E-state index is 0.0613. The molecule has 1 aromatic heterocycles. The first kappa shape index (κ1) is 21.4.